The summed E-state index contributed by atoms with van der Waals surface area (Å²) in [7, 11) is 0. The molecule has 0 saturated heterocycles. The minimum Gasteiger partial charge on any atom is -0.268 e. The zero-order valence-electron chi connectivity index (χ0n) is 10.8. The highest BCUT2D eigenvalue weighted by Crippen LogP contribution is 2.28. The van der Waals surface area contributed by atoms with Crippen LogP contribution in [0.25, 0.3) is 38.5 Å². The highest BCUT2D eigenvalue weighted by molar-refractivity contribution is 6.15. The van der Waals surface area contributed by atoms with E-state index < -0.39 is 0 Å². The minimum atomic E-state index is -0.0997. The van der Waals surface area contributed by atoms with Crippen LogP contribution in [-0.4, -0.2) is 19.4 Å². The molecule has 0 spiro atoms. The lowest BCUT2D eigenvalue weighted by Gasteiger charge is -2.06. The number of fused-ring (bicyclic) bond motifs is 4. The summed E-state index contributed by atoms with van der Waals surface area (Å²) < 4.78 is 1.56. The van der Waals surface area contributed by atoms with Crippen molar-refractivity contribution in [3.05, 3.63) is 59.1 Å². The monoisotopic (exact) mass is 272 g/mol. The molecule has 5 nitrogen and oxygen atoms in total. The summed E-state index contributed by atoms with van der Waals surface area (Å²) >= 11 is 0. The molecule has 0 fully saturated rings. The van der Waals surface area contributed by atoms with Gasteiger partial charge in [0, 0.05) is 28.6 Å². The maximum atomic E-state index is 12.8. The summed E-state index contributed by atoms with van der Waals surface area (Å²) in [5.41, 5.74) is 1.51. The maximum absolute atomic E-state index is 12.8. The van der Waals surface area contributed by atoms with E-state index in [1.165, 1.54) is 0 Å². The van der Waals surface area contributed by atoms with Crippen LogP contribution < -0.4 is 5.56 Å². The molecule has 0 aliphatic carbocycles. The first kappa shape index (κ1) is 10.7. The number of hydrogen-bond acceptors (Lipinski definition) is 4. The van der Waals surface area contributed by atoms with Gasteiger partial charge in [0.2, 0.25) is 0 Å². The Kier molecular flexibility index (Phi) is 1.79. The van der Waals surface area contributed by atoms with Gasteiger partial charge in [-0.1, -0.05) is 30.3 Å². The average molecular weight is 272 g/mol. The summed E-state index contributed by atoms with van der Waals surface area (Å²) in [4.78, 5) is 25.8. The number of aromatic nitrogens is 4. The molecule has 0 radical (unpaired) electrons. The summed E-state index contributed by atoms with van der Waals surface area (Å²) in [6, 6.07) is 11.7. The molecule has 0 N–H and O–H groups in total. The first-order valence-corrected chi connectivity index (χ1v) is 6.61. The van der Waals surface area contributed by atoms with Gasteiger partial charge < -0.3 is 0 Å². The summed E-state index contributed by atoms with van der Waals surface area (Å²) in [6.45, 7) is 0. The molecule has 98 valence electrons. The van der Waals surface area contributed by atoms with E-state index in [2.05, 4.69) is 15.0 Å². The van der Waals surface area contributed by atoms with Gasteiger partial charge in [-0.2, -0.15) is 0 Å². The van der Waals surface area contributed by atoms with E-state index >= 15 is 0 Å². The Balaban J connectivity index is 2.27. The van der Waals surface area contributed by atoms with E-state index in [9.17, 15) is 4.79 Å². The second-order valence-electron chi connectivity index (χ2n) is 4.99. The fourth-order valence-corrected chi connectivity index (χ4v) is 3.01. The number of imidazole rings is 1. The van der Waals surface area contributed by atoms with E-state index in [0.717, 1.165) is 16.2 Å². The second-order valence-corrected chi connectivity index (χ2v) is 4.99. The van der Waals surface area contributed by atoms with Gasteiger partial charge in [-0.15, -0.1) is 0 Å². The van der Waals surface area contributed by atoms with Crippen LogP contribution >= 0.6 is 0 Å². The van der Waals surface area contributed by atoms with Crippen LogP contribution in [0.1, 0.15) is 0 Å². The Morgan fingerprint density at radius 2 is 1.62 bits per heavy atom. The molecular formula is C16H8N4O. The molecule has 0 aliphatic heterocycles. The zero-order chi connectivity index (χ0) is 14.0. The summed E-state index contributed by atoms with van der Waals surface area (Å²) in [5.74, 6) is 0. The number of benzene rings is 2. The van der Waals surface area contributed by atoms with Crippen LogP contribution in [-0.2, 0) is 0 Å². The lowest BCUT2D eigenvalue weighted by molar-refractivity contribution is 1.14. The molecule has 0 saturated carbocycles. The van der Waals surface area contributed by atoms with Crippen molar-refractivity contribution in [1.82, 2.24) is 19.4 Å². The third kappa shape index (κ3) is 1.20. The molecule has 5 aromatic rings. The molecule has 21 heavy (non-hydrogen) atoms. The van der Waals surface area contributed by atoms with Crippen LogP contribution in [0.4, 0.5) is 0 Å². The normalized spacial score (nSPS) is 12.0. The number of nitrogens with zero attached hydrogens (tertiary/aromatic N) is 4. The Labute approximate surface area is 117 Å². The van der Waals surface area contributed by atoms with Gasteiger partial charge in [-0.25, -0.2) is 19.4 Å². The summed E-state index contributed by atoms with van der Waals surface area (Å²) in [6.07, 6.45) is 3.16. The molecule has 0 amide bonds. The second kappa shape index (κ2) is 3.52. The van der Waals surface area contributed by atoms with Crippen LogP contribution in [0.3, 0.4) is 0 Å². The van der Waals surface area contributed by atoms with Gasteiger partial charge in [-0.3, -0.25) is 4.79 Å². The number of hydrogen-bond donors (Lipinski definition) is 0. The predicted octanol–water partition coefficient (Wildman–Crippen LogP) is 2.38. The Morgan fingerprint density at radius 1 is 0.857 bits per heavy atom. The van der Waals surface area contributed by atoms with E-state index in [0.29, 0.717) is 22.3 Å². The molecule has 0 aliphatic rings. The lowest BCUT2D eigenvalue weighted by atomic mass is 10.0. The van der Waals surface area contributed by atoms with E-state index in [-0.39, 0.29) is 5.56 Å². The first-order valence-electron chi connectivity index (χ1n) is 6.61. The topological polar surface area (TPSA) is 60.2 Å². The van der Waals surface area contributed by atoms with Gasteiger partial charge in [0.25, 0.3) is 5.56 Å². The number of pyridine rings is 1. The van der Waals surface area contributed by atoms with Crippen molar-refractivity contribution in [1.29, 1.82) is 0 Å². The number of rotatable bonds is 0. The molecule has 0 atom stereocenters. The molecular weight excluding hydrogens is 264 g/mol. The van der Waals surface area contributed by atoms with E-state index in [4.69, 9.17) is 0 Å². The molecule has 2 aromatic carbocycles. The molecule has 5 rings (SSSR count). The van der Waals surface area contributed by atoms with E-state index in [1.807, 2.05) is 36.4 Å². The first-order chi connectivity index (χ1) is 10.3. The Morgan fingerprint density at radius 3 is 2.48 bits per heavy atom. The largest absolute Gasteiger partial charge is 0.268 e. The average Bonchev–Trinajstić information content (AvgIpc) is 2.92. The lowest BCUT2D eigenvalue weighted by Crippen LogP contribution is -2.13. The van der Waals surface area contributed by atoms with Gasteiger partial charge in [0.05, 0.1) is 0 Å². The quantitative estimate of drug-likeness (QED) is 0.434. The van der Waals surface area contributed by atoms with Crippen molar-refractivity contribution >= 4 is 38.5 Å². The maximum Gasteiger partial charge on any atom is 0.266 e. The van der Waals surface area contributed by atoms with Crippen molar-refractivity contribution in [2.45, 2.75) is 0 Å². The molecule has 0 unspecified atom stereocenters. The fourth-order valence-electron chi connectivity index (χ4n) is 3.01. The summed E-state index contributed by atoms with van der Waals surface area (Å²) in [5, 5.41) is 3.62. The van der Waals surface area contributed by atoms with Crippen molar-refractivity contribution in [3.8, 4) is 0 Å². The van der Waals surface area contributed by atoms with Crippen LogP contribution in [0, 0.1) is 0 Å². The minimum absolute atomic E-state index is 0.0997. The fraction of sp³-hybridized carbons (Fsp3) is 0. The highest BCUT2D eigenvalue weighted by atomic mass is 16.1. The van der Waals surface area contributed by atoms with Crippen molar-refractivity contribution in [3.63, 3.8) is 0 Å². The van der Waals surface area contributed by atoms with Gasteiger partial charge >= 0.3 is 0 Å². The predicted molar refractivity (Wildman–Crippen MR) is 80.8 cm³/mol. The SMILES string of the molecule is O=c1c2cccc3cccc(c32)c2nc3nccnc3n12. The van der Waals surface area contributed by atoms with Crippen LogP contribution in [0.15, 0.2) is 53.6 Å². The Bertz CT molecular complexity index is 1200. The van der Waals surface area contributed by atoms with Crippen LogP contribution in [0.5, 0.6) is 0 Å². The van der Waals surface area contributed by atoms with Crippen molar-refractivity contribution < 1.29 is 0 Å². The van der Waals surface area contributed by atoms with E-state index in [1.54, 1.807) is 16.8 Å². The van der Waals surface area contributed by atoms with Gasteiger partial charge in [0.15, 0.2) is 16.9 Å². The zero-order valence-corrected chi connectivity index (χ0v) is 10.8. The third-order valence-electron chi connectivity index (χ3n) is 3.87. The highest BCUT2D eigenvalue weighted by Gasteiger charge is 2.16. The van der Waals surface area contributed by atoms with Crippen molar-refractivity contribution in [2.75, 3.05) is 0 Å². The third-order valence-corrected chi connectivity index (χ3v) is 3.87. The van der Waals surface area contributed by atoms with Gasteiger partial charge in [-0.05, 0) is 11.5 Å². The molecule has 5 heteroatoms. The standard InChI is InChI=1S/C16H8N4O/c21-16-11-6-2-4-9-3-1-5-10(12(9)11)14-19-13-15(20(14)16)18-8-7-17-13/h1-8H. The molecule has 3 aromatic heterocycles. The van der Waals surface area contributed by atoms with Gasteiger partial charge in [0.1, 0.15) is 0 Å². The van der Waals surface area contributed by atoms with Crippen LogP contribution in [0.2, 0.25) is 0 Å². The molecule has 0 bridgehead atoms. The smallest absolute Gasteiger partial charge is 0.266 e. The van der Waals surface area contributed by atoms with Crippen molar-refractivity contribution in [2.24, 2.45) is 0 Å². The molecule has 3 heterocycles. The Hall–Kier alpha value is -3.08.